The van der Waals surface area contributed by atoms with Crippen molar-refractivity contribution in [3.8, 4) is 0 Å². The summed E-state index contributed by atoms with van der Waals surface area (Å²) in [5.74, 6) is 0.792. The lowest BCUT2D eigenvalue weighted by Gasteiger charge is -2.23. The number of nitrogens with zero attached hydrogens (tertiary/aromatic N) is 4. The van der Waals surface area contributed by atoms with Crippen molar-refractivity contribution in [3.05, 3.63) is 53.6 Å². The Morgan fingerprint density at radius 2 is 2.00 bits per heavy atom. The lowest BCUT2D eigenvalue weighted by molar-refractivity contribution is -0.121. The maximum absolute atomic E-state index is 12.7. The lowest BCUT2D eigenvalue weighted by atomic mass is 10.2. The average molecular weight is 317 g/mol. The van der Waals surface area contributed by atoms with E-state index in [-0.39, 0.29) is 11.9 Å². The number of anilines is 1. The minimum atomic E-state index is -0.167. The largest absolute Gasteiger partial charge is 0.310 e. The van der Waals surface area contributed by atoms with E-state index in [1.807, 2.05) is 30.1 Å². The molecule has 1 aromatic carbocycles. The van der Waals surface area contributed by atoms with Crippen LogP contribution in [0.15, 0.2) is 42.7 Å². The molecule has 0 spiro atoms. The fourth-order valence-corrected chi connectivity index (χ4v) is 2.97. The molecule has 2 aromatic rings. The number of para-hydroxylation sites is 1. The molecule has 2 heterocycles. The number of carbonyl (C=O) groups is 1. The van der Waals surface area contributed by atoms with Crippen molar-refractivity contribution >= 4 is 23.2 Å². The molecule has 1 aliphatic heterocycles. The monoisotopic (exact) mass is 316 g/mol. The average Bonchev–Trinajstić information content (AvgIpc) is 2.90. The first-order valence-corrected chi connectivity index (χ1v) is 7.56. The Balaban J connectivity index is 1.72. The Hall–Kier alpha value is -1.98. The molecule has 1 aliphatic rings. The molecule has 1 saturated heterocycles. The molecule has 1 amide bonds. The van der Waals surface area contributed by atoms with E-state index in [1.165, 1.54) is 0 Å². The number of benzene rings is 1. The maximum atomic E-state index is 12.7. The highest BCUT2D eigenvalue weighted by Crippen LogP contribution is 2.30. The van der Waals surface area contributed by atoms with Gasteiger partial charge < -0.3 is 4.90 Å². The summed E-state index contributed by atoms with van der Waals surface area (Å²) in [5, 5.41) is 0.602. The summed E-state index contributed by atoms with van der Waals surface area (Å²) in [6, 6.07) is 9.05. The number of halogens is 1. The minimum absolute atomic E-state index is 0.0755. The van der Waals surface area contributed by atoms with E-state index in [0.717, 1.165) is 12.1 Å². The second-order valence-corrected chi connectivity index (χ2v) is 5.73. The van der Waals surface area contributed by atoms with Crippen LogP contribution in [0.3, 0.4) is 0 Å². The van der Waals surface area contributed by atoms with Crippen LogP contribution in [0.4, 0.5) is 5.69 Å². The number of rotatable bonds is 4. The van der Waals surface area contributed by atoms with Crippen molar-refractivity contribution in [2.45, 2.75) is 19.0 Å². The van der Waals surface area contributed by atoms with Gasteiger partial charge in [-0.2, -0.15) is 0 Å². The maximum Gasteiger partial charge on any atom is 0.244 e. The number of aromatic nitrogens is 2. The molecule has 0 N–H and O–H groups in total. The third-order valence-corrected chi connectivity index (χ3v) is 4.18. The van der Waals surface area contributed by atoms with Crippen molar-refractivity contribution in [1.29, 1.82) is 0 Å². The molecule has 3 rings (SSSR count). The summed E-state index contributed by atoms with van der Waals surface area (Å²) < 4.78 is 0. The van der Waals surface area contributed by atoms with E-state index < -0.39 is 0 Å². The standard InChI is InChI=1S/C16H17ClN4O/c1-20(11-15-18-8-4-9-19-15)14-7-10-21(16(14)22)13-6-3-2-5-12(13)17/h2-6,8-9,14H,7,10-11H2,1H3/t14-/m0/s1. The summed E-state index contributed by atoms with van der Waals surface area (Å²) >= 11 is 6.20. The van der Waals surface area contributed by atoms with E-state index in [1.54, 1.807) is 29.4 Å². The molecule has 1 fully saturated rings. The fourth-order valence-electron chi connectivity index (χ4n) is 2.73. The van der Waals surface area contributed by atoms with Crippen LogP contribution >= 0.6 is 11.6 Å². The van der Waals surface area contributed by atoms with Crippen molar-refractivity contribution in [2.75, 3.05) is 18.5 Å². The van der Waals surface area contributed by atoms with E-state index in [0.29, 0.717) is 23.9 Å². The summed E-state index contributed by atoms with van der Waals surface area (Å²) in [4.78, 5) is 24.8. The van der Waals surface area contributed by atoms with Crippen LogP contribution in [-0.2, 0) is 11.3 Å². The smallest absolute Gasteiger partial charge is 0.244 e. The third kappa shape index (κ3) is 2.96. The lowest BCUT2D eigenvalue weighted by Crippen LogP contribution is -2.39. The molecule has 1 atom stereocenters. The van der Waals surface area contributed by atoms with Gasteiger partial charge in [0.15, 0.2) is 0 Å². The van der Waals surface area contributed by atoms with E-state index >= 15 is 0 Å². The van der Waals surface area contributed by atoms with Gasteiger partial charge in [-0.05, 0) is 31.7 Å². The Morgan fingerprint density at radius 3 is 2.73 bits per heavy atom. The normalized spacial score (nSPS) is 18.2. The molecule has 0 saturated carbocycles. The van der Waals surface area contributed by atoms with Gasteiger partial charge in [-0.3, -0.25) is 9.69 Å². The van der Waals surface area contributed by atoms with Gasteiger partial charge in [0.05, 0.1) is 23.3 Å². The summed E-state index contributed by atoms with van der Waals surface area (Å²) in [6.45, 7) is 1.22. The van der Waals surface area contributed by atoms with Crippen LogP contribution in [0.2, 0.25) is 5.02 Å². The summed E-state index contributed by atoms with van der Waals surface area (Å²) in [7, 11) is 1.93. The van der Waals surface area contributed by atoms with Gasteiger partial charge in [0.25, 0.3) is 0 Å². The fraction of sp³-hybridized carbons (Fsp3) is 0.312. The first kappa shape index (κ1) is 14.9. The van der Waals surface area contributed by atoms with E-state index in [9.17, 15) is 4.79 Å². The first-order chi connectivity index (χ1) is 10.7. The molecule has 0 aliphatic carbocycles. The summed E-state index contributed by atoms with van der Waals surface area (Å²) in [6.07, 6.45) is 4.19. The molecule has 5 nitrogen and oxygen atoms in total. The van der Waals surface area contributed by atoms with Crippen LogP contribution in [0.25, 0.3) is 0 Å². The van der Waals surface area contributed by atoms with Crippen molar-refractivity contribution < 1.29 is 4.79 Å². The molecular formula is C16H17ClN4O. The molecule has 0 radical (unpaired) electrons. The van der Waals surface area contributed by atoms with Crippen LogP contribution < -0.4 is 4.90 Å². The Labute approximate surface area is 134 Å². The number of hydrogen-bond acceptors (Lipinski definition) is 4. The highest BCUT2D eigenvalue weighted by atomic mass is 35.5. The van der Waals surface area contributed by atoms with Crippen LogP contribution in [0, 0.1) is 0 Å². The zero-order chi connectivity index (χ0) is 15.5. The van der Waals surface area contributed by atoms with E-state index in [2.05, 4.69) is 9.97 Å². The molecule has 114 valence electrons. The molecule has 6 heteroatoms. The van der Waals surface area contributed by atoms with Crippen LogP contribution in [0.1, 0.15) is 12.2 Å². The van der Waals surface area contributed by atoms with Gasteiger partial charge in [0, 0.05) is 18.9 Å². The van der Waals surface area contributed by atoms with Gasteiger partial charge in [-0.15, -0.1) is 0 Å². The number of carbonyl (C=O) groups excluding carboxylic acids is 1. The SMILES string of the molecule is CN(Cc1ncccn1)[C@H]1CCN(c2ccccc2Cl)C1=O. The second-order valence-electron chi connectivity index (χ2n) is 5.33. The molecule has 0 unspecified atom stereocenters. The van der Waals surface area contributed by atoms with Gasteiger partial charge in [0.2, 0.25) is 5.91 Å². The van der Waals surface area contributed by atoms with Gasteiger partial charge in [0.1, 0.15) is 5.82 Å². The number of hydrogen-bond donors (Lipinski definition) is 0. The third-order valence-electron chi connectivity index (χ3n) is 3.86. The zero-order valence-electron chi connectivity index (χ0n) is 12.3. The Bertz CT molecular complexity index is 664. The van der Waals surface area contributed by atoms with Crippen LogP contribution in [-0.4, -0.2) is 40.4 Å². The van der Waals surface area contributed by atoms with Crippen LogP contribution in [0.5, 0.6) is 0 Å². The Kier molecular flexibility index (Phi) is 4.36. The highest BCUT2D eigenvalue weighted by Gasteiger charge is 2.36. The predicted molar refractivity (Wildman–Crippen MR) is 85.7 cm³/mol. The van der Waals surface area contributed by atoms with Crippen molar-refractivity contribution in [1.82, 2.24) is 14.9 Å². The van der Waals surface area contributed by atoms with Gasteiger partial charge in [-0.1, -0.05) is 23.7 Å². The van der Waals surface area contributed by atoms with Crippen molar-refractivity contribution in [2.24, 2.45) is 0 Å². The molecule has 0 bridgehead atoms. The summed E-state index contributed by atoms with van der Waals surface area (Å²) in [5.41, 5.74) is 0.779. The highest BCUT2D eigenvalue weighted by molar-refractivity contribution is 6.33. The minimum Gasteiger partial charge on any atom is -0.310 e. The van der Waals surface area contributed by atoms with E-state index in [4.69, 9.17) is 11.6 Å². The van der Waals surface area contributed by atoms with Crippen molar-refractivity contribution in [3.63, 3.8) is 0 Å². The second kappa shape index (κ2) is 6.42. The number of amides is 1. The first-order valence-electron chi connectivity index (χ1n) is 7.19. The molecular weight excluding hydrogens is 300 g/mol. The zero-order valence-corrected chi connectivity index (χ0v) is 13.1. The quantitative estimate of drug-likeness (QED) is 0.869. The molecule has 1 aromatic heterocycles. The predicted octanol–water partition coefficient (Wildman–Crippen LogP) is 2.37. The van der Waals surface area contributed by atoms with Gasteiger partial charge in [-0.25, -0.2) is 9.97 Å². The Morgan fingerprint density at radius 1 is 1.27 bits per heavy atom. The molecule has 22 heavy (non-hydrogen) atoms. The topological polar surface area (TPSA) is 49.3 Å². The van der Waals surface area contributed by atoms with Gasteiger partial charge >= 0.3 is 0 Å². The number of likely N-dealkylation sites (N-methyl/N-ethyl adjacent to an activating group) is 1.